The molecule has 0 fully saturated rings. The lowest BCUT2D eigenvalue weighted by atomic mass is 10.3. The average Bonchev–Trinajstić information content (AvgIpc) is 2.13. The zero-order valence-corrected chi connectivity index (χ0v) is 7.77. The van der Waals surface area contributed by atoms with Gasteiger partial charge in [0.05, 0.1) is 19.2 Å². The van der Waals surface area contributed by atoms with Crippen molar-refractivity contribution in [1.82, 2.24) is 4.90 Å². The monoisotopic (exact) mass is 199 g/mol. The van der Waals surface area contributed by atoms with Gasteiger partial charge in [0.2, 0.25) is 11.8 Å². The van der Waals surface area contributed by atoms with Gasteiger partial charge in [-0.1, -0.05) is 0 Å². The molecule has 0 radical (unpaired) electrons. The van der Waals surface area contributed by atoms with Gasteiger partial charge >= 0.3 is 0 Å². The molecule has 0 aromatic heterocycles. The van der Waals surface area contributed by atoms with Crippen molar-refractivity contribution in [3.05, 3.63) is 0 Å². The van der Waals surface area contributed by atoms with Gasteiger partial charge in [0.15, 0.2) is 0 Å². The number of rotatable bonds is 6. The van der Waals surface area contributed by atoms with Crippen LogP contribution in [0.5, 0.6) is 0 Å². The highest BCUT2D eigenvalue weighted by Gasteiger charge is 2.14. The predicted molar refractivity (Wildman–Crippen MR) is 47.7 cm³/mol. The van der Waals surface area contributed by atoms with Gasteiger partial charge in [0, 0.05) is 19.4 Å². The minimum absolute atomic E-state index is 0.0454. The molecule has 78 valence electrons. The number of nitriles is 1. The Bertz CT molecular complexity index is 247. The Balaban J connectivity index is 4.11. The molecule has 0 aliphatic heterocycles. The van der Waals surface area contributed by atoms with Crippen LogP contribution in [0.3, 0.4) is 0 Å². The Morgan fingerprint density at radius 1 is 1.50 bits per heavy atom. The summed E-state index contributed by atoms with van der Waals surface area (Å²) in [5.74, 6) is -0.983. The molecular weight excluding hydrogens is 186 g/mol. The minimum Gasteiger partial charge on any atom is -0.395 e. The van der Waals surface area contributed by atoms with Crippen molar-refractivity contribution < 1.29 is 14.7 Å². The molecule has 0 rings (SSSR count). The minimum atomic E-state index is -0.635. The molecule has 6 nitrogen and oxygen atoms in total. The smallest absolute Gasteiger partial charge is 0.237 e. The highest BCUT2D eigenvalue weighted by Crippen LogP contribution is 1.96. The molecular formula is C8H13N3O3. The van der Waals surface area contributed by atoms with Crippen molar-refractivity contribution in [3.63, 3.8) is 0 Å². The van der Waals surface area contributed by atoms with E-state index >= 15 is 0 Å². The second-order valence-corrected chi connectivity index (χ2v) is 2.66. The van der Waals surface area contributed by atoms with Gasteiger partial charge in [-0.3, -0.25) is 9.59 Å². The fourth-order valence-electron chi connectivity index (χ4n) is 0.922. The topological polar surface area (TPSA) is 107 Å². The van der Waals surface area contributed by atoms with Crippen molar-refractivity contribution in [2.45, 2.75) is 12.8 Å². The molecule has 3 N–H and O–H groups in total. The average molecular weight is 199 g/mol. The summed E-state index contributed by atoms with van der Waals surface area (Å²) in [5, 5.41) is 16.9. The molecule has 0 aliphatic carbocycles. The van der Waals surface area contributed by atoms with Crippen LogP contribution in [-0.4, -0.2) is 41.5 Å². The van der Waals surface area contributed by atoms with Crippen LogP contribution in [-0.2, 0) is 9.59 Å². The molecule has 0 aromatic rings. The Morgan fingerprint density at radius 2 is 2.14 bits per heavy atom. The molecule has 0 unspecified atom stereocenters. The molecule has 0 saturated heterocycles. The summed E-state index contributed by atoms with van der Waals surface area (Å²) in [4.78, 5) is 23.0. The van der Waals surface area contributed by atoms with Crippen LogP contribution >= 0.6 is 0 Å². The maximum atomic E-state index is 11.3. The van der Waals surface area contributed by atoms with Gasteiger partial charge in [-0.2, -0.15) is 5.26 Å². The molecule has 14 heavy (non-hydrogen) atoms. The largest absolute Gasteiger partial charge is 0.395 e. The van der Waals surface area contributed by atoms with Crippen LogP contribution in [0.2, 0.25) is 0 Å². The summed E-state index contributed by atoms with van der Waals surface area (Å²) >= 11 is 0. The number of hydrogen-bond acceptors (Lipinski definition) is 4. The number of carbonyl (C=O) groups is 2. The normalized spacial score (nSPS) is 9.14. The van der Waals surface area contributed by atoms with Crippen LogP contribution < -0.4 is 5.73 Å². The van der Waals surface area contributed by atoms with Crippen molar-refractivity contribution in [1.29, 1.82) is 5.26 Å². The first-order chi connectivity index (χ1) is 6.61. The maximum absolute atomic E-state index is 11.3. The number of aliphatic hydroxyl groups excluding tert-OH is 1. The van der Waals surface area contributed by atoms with E-state index in [9.17, 15) is 9.59 Å². The van der Waals surface area contributed by atoms with Gasteiger partial charge in [0.25, 0.3) is 0 Å². The number of primary amides is 1. The van der Waals surface area contributed by atoms with E-state index in [4.69, 9.17) is 16.1 Å². The van der Waals surface area contributed by atoms with Gasteiger partial charge in [-0.05, 0) is 0 Å². The molecule has 0 atom stereocenters. The number of nitrogens with two attached hydrogens (primary N) is 1. The molecule has 6 heteroatoms. The molecule has 0 spiro atoms. The first-order valence-corrected chi connectivity index (χ1v) is 4.15. The van der Waals surface area contributed by atoms with E-state index in [1.54, 1.807) is 0 Å². The van der Waals surface area contributed by atoms with E-state index in [1.807, 2.05) is 6.07 Å². The van der Waals surface area contributed by atoms with Crippen molar-refractivity contribution in [2.75, 3.05) is 19.7 Å². The third-order valence-corrected chi connectivity index (χ3v) is 1.52. The summed E-state index contributed by atoms with van der Waals surface area (Å²) in [6.07, 6.45) is 0.142. The lowest BCUT2D eigenvalue weighted by molar-refractivity contribution is -0.135. The maximum Gasteiger partial charge on any atom is 0.237 e. The van der Waals surface area contributed by atoms with E-state index in [1.165, 1.54) is 0 Å². The molecule has 0 heterocycles. The summed E-state index contributed by atoms with van der Waals surface area (Å²) in [6.45, 7) is -0.385. The highest BCUT2D eigenvalue weighted by atomic mass is 16.3. The molecule has 0 aliphatic rings. The van der Waals surface area contributed by atoms with E-state index in [-0.39, 0.29) is 38.4 Å². The SMILES string of the molecule is N#CCCC(=O)N(CCO)CC(N)=O. The number of hydrogen-bond donors (Lipinski definition) is 2. The predicted octanol–water partition coefficient (Wildman–Crippen LogP) is -1.40. The van der Waals surface area contributed by atoms with Gasteiger partial charge in [-0.25, -0.2) is 0 Å². The highest BCUT2D eigenvalue weighted by molar-refractivity contribution is 5.83. The fraction of sp³-hybridized carbons (Fsp3) is 0.625. The summed E-state index contributed by atoms with van der Waals surface area (Å²) in [7, 11) is 0. The summed E-state index contributed by atoms with van der Waals surface area (Å²) in [5.41, 5.74) is 4.91. The summed E-state index contributed by atoms with van der Waals surface area (Å²) < 4.78 is 0. The van der Waals surface area contributed by atoms with Crippen LogP contribution in [0.25, 0.3) is 0 Å². The van der Waals surface area contributed by atoms with Crippen molar-refractivity contribution in [3.8, 4) is 6.07 Å². The van der Waals surface area contributed by atoms with E-state index in [0.29, 0.717) is 0 Å². The van der Waals surface area contributed by atoms with Crippen LogP contribution in [0.15, 0.2) is 0 Å². The lowest BCUT2D eigenvalue weighted by Gasteiger charge is -2.19. The van der Waals surface area contributed by atoms with Crippen LogP contribution in [0, 0.1) is 11.3 Å². The Labute approximate surface area is 81.9 Å². The lowest BCUT2D eigenvalue weighted by Crippen LogP contribution is -2.40. The Kier molecular flexibility index (Phi) is 6.07. The van der Waals surface area contributed by atoms with Crippen molar-refractivity contribution in [2.24, 2.45) is 5.73 Å². The zero-order valence-electron chi connectivity index (χ0n) is 7.77. The Morgan fingerprint density at radius 3 is 2.57 bits per heavy atom. The molecule has 2 amide bonds. The van der Waals surface area contributed by atoms with Crippen LogP contribution in [0.4, 0.5) is 0 Å². The number of aliphatic hydroxyl groups is 1. The van der Waals surface area contributed by atoms with Gasteiger partial charge < -0.3 is 15.7 Å². The standard InChI is InChI=1S/C8H13N3O3/c9-3-1-2-8(14)11(4-5-12)6-7(10)13/h12H,1-2,4-6H2,(H2,10,13). The Hall–Kier alpha value is -1.61. The number of amides is 2. The third kappa shape index (κ3) is 5.11. The van der Waals surface area contributed by atoms with E-state index in [0.717, 1.165) is 4.90 Å². The first-order valence-electron chi connectivity index (χ1n) is 4.15. The molecule has 0 bridgehead atoms. The number of carbonyl (C=O) groups excluding carboxylic acids is 2. The van der Waals surface area contributed by atoms with E-state index < -0.39 is 5.91 Å². The van der Waals surface area contributed by atoms with Gasteiger partial charge in [-0.15, -0.1) is 0 Å². The molecule has 0 aromatic carbocycles. The quantitative estimate of drug-likeness (QED) is 0.548. The summed E-state index contributed by atoms with van der Waals surface area (Å²) in [6, 6.07) is 1.82. The van der Waals surface area contributed by atoms with E-state index in [2.05, 4.69) is 0 Å². The second kappa shape index (κ2) is 6.86. The second-order valence-electron chi connectivity index (χ2n) is 2.66. The van der Waals surface area contributed by atoms with Gasteiger partial charge in [0.1, 0.15) is 0 Å². The fourth-order valence-corrected chi connectivity index (χ4v) is 0.922. The zero-order chi connectivity index (χ0) is 11.0. The molecule has 0 saturated carbocycles. The third-order valence-electron chi connectivity index (χ3n) is 1.52. The van der Waals surface area contributed by atoms with Crippen LogP contribution in [0.1, 0.15) is 12.8 Å². The number of nitrogens with zero attached hydrogens (tertiary/aromatic N) is 2. The van der Waals surface area contributed by atoms with Crippen molar-refractivity contribution >= 4 is 11.8 Å². The first kappa shape index (κ1) is 12.4.